The maximum atomic E-state index is 13.1. The monoisotopic (exact) mass is 444 g/mol. The van der Waals surface area contributed by atoms with Gasteiger partial charge in [0.1, 0.15) is 11.6 Å². The van der Waals surface area contributed by atoms with E-state index in [1.165, 1.54) is 0 Å². The number of hydrogen-bond acceptors (Lipinski definition) is 6. The summed E-state index contributed by atoms with van der Waals surface area (Å²) in [5.74, 6) is 2.05. The number of nitrogens with one attached hydrogen (secondary N) is 3. The molecular formula is C25H28N6O2. The molecule has 1 fully saturated rings. The Balaban J connectivity index is 1.50. The Kier molecular flexibility index (Phi) is 5.58. The van der Waals surface area contributed by atoms with Gasteiger partial charge >= 0.3 is 0 Å². The molecule has 1 aliphatic carbocycles. The molecule has 170 valence electrons. The molecule has 4 aromatic rings. The molecule has 0 bridgehead atoms. The van der Waals surface area contributed by atoms with Gasteiger partial charge in [0.05, 0.1) is 17.4 Å². The molecule has 0 unspecified atom stereocenters. The topological polar surface area (TPSA) is 109 Å². The van der Waals surface area contributed by atoms with E-state index in [0.29, 0.717) is 12.3 Å². The highest BCUT2D eigenvalue weighted by atomic mass is 16.5. The van der Waals surface area contributed by atoms with Gasteiger partial charge in [0.2, 0.25) is 5.76 Å². The number of rotatable bonds is 8. The molecule has 0 saturated heterocycles. The molecule has 3 aromatic heterocycles. The van der Waals surface area contributed by atoms with Gasteiger partial charge in [-0.1, -0.05) is 37.2 Å². The average molecular weight is 445 g/mol. The summed E-state index contributed by atoms with van der Waals surface area (Å²) in [6, 6.07) is 11.4. The van der Waals surface area contributed by atoms with Crippen LogP contribution in [0.3, 0.4) is 0 Å². The van der Waals surface area contributed by atoms with Gasteiger partial charge in [0.25, 0.3) is 5.91 Å². The fourth-order valence-corrected chi connectivity index (χ4v) is 3.96. The van der Waals surface area contributed by atoms with Crippen LogP contribution < -0.4 is 10.6 Å². The van der Waals surface area contributed by atoms with Crippen molar-refractivity contribution < 1.29 is 9.32 Å². The Bertz CT molecular complexity index is 1290. The second kappa shape index (κ2) is 8.69. The summed E-state index contributed by atoms with van der Waals surface area (Å²) in [4.78, 5) is 25.9. The van der Waals surface area contributed by atoms with Crippen molar-refractivity contribution in [2.45, 2.75) is 51.0 Å². The number of aromatic amines is 1. The van der Waals surface area contributed by atoms with E-state index in [1.807, 2.05) is 51.4 Å². The number of H-pyrrole nitrogens is 1. The quantitative estimate of drug-likeness (QED) is 0.363. The van der Waals surface area contributed by atoms with Crippen molar-refractivity contribution in [2.75, 3.05) is 12.4 Å². The summed E-state index contributed by atoms with van der Waals surface area (Å²) < 4.78 is 5.33. The Hall–Kier alpha value is -3.68. The normalized spacial score (nSPS) is 14.5. The number of hydrogen-bond donors (Lipinski definition) is 3. The van der Waals surface area contributed by atoms with Gasteiger partial charge in [0.15, 0.2) is 0 Å². The van der Waals surface area contributed by atoms with Crippen LogP contribution in [-0.4, -0.2) is 33.1 Å². The van der Waals surface area contributed by atoms with Crippen molar-refractivity contribution in [1.29, 1.82) is 0 Å². The first-order valence-corrected chi connectivity index (χ1v) is 11.4. The van der Waals surface area contributed by atoms with Crippen LogP contribution in [-0.2, 0) is 6.42 Å². The number of anilines is 1. The van der Waals surface area contributed by atoms with Crippen LogP contribution in [0.4, 0.5) is 5.82 Å². The van der Waals surface area contributed by atoms with E-state index in [2.05, 4.69) is 31.8 Å². The van der Waals surface area contributed by atoms with Gasteiger partial charge in [-0.25, -0.2) is 9.97 Å². The largest absolute Gasteiger partial charge is 0.373 e. The van der Waals surface area contributed by atoms with E-state index in [-0.39, 0.29) is 23.6 Å². The molecule has 1 atom stereocenters. The van der Waals surface area contributed by atoms with Crippen molar-refractivity contribution in [1.82, 2.24) is 25.4 Å². The Morgan fingerprint density at radius 1 is 1.18 bits per heavy atom. The maximum absolute atomic E-state index is 13.1. The number of amides is 1. The fourth-order valence-electron chi connectivity index (χ4n) is 3.96. The number of carbonyl (C=O) groups is 1. The van der Waals surface area contributed by atoms with Gasteiger partial charge in [0, 0.05) is 48.6 Å². The molecule has 8 heteroatoms. The molecule has 3 N–H and O–H groups in total. The van der Waals surface area contributed by atoms with Crippen LogP contribution in [0.15, 0.2) is 47.1 Å². The predicted octanol–water partition coefficient (Wildman–Crippen LogP) is 4.70. The summed E-state index contributed by atoms with van der Waals surface area (Å²) in [6.45, 7) is 4.03. The van der Waals surface area contributed by atoms with Crippen molar-refractivity contribution >= 4 is 22.6 Å². The van der Waals surface area contributed by atoms with Crippen LogP contribution in [0.25, 0.3) is 10.9 Å². The summed E-state index contributed by atoms with van der Waals surface area (Å²) in [6.07, 6.45) is 4.77. The van der Waals surface area contributed by atoms with E-state index < -0.39 is 0 Å². The van der Waals surface area contributed by atoms with Crippen molar-refractivity contribution in [3.63, 3.8) is 0 Å². The van der Waals surface area contributed by atoms with Crippen LogP contribution in [0.2, 0.25) is 0 Å². The van der Waals surface area contributed by atoms with Crippen molar-refractivity contribution in [2.24, 2.45) is 0 Å². The predicted molar refractivity (Wildman–Crippen MR) is 126 cm³/mol. The number of para-hydroxylation sites is 1. The first-order chi connectivity index (χ1) is 16.0. The third-order valence-corrected chi connectivity index (χ3v) is 6.07. The second-order valence-electron chi connectivity index (χ2n) is 8.92. The number of fused-ring (bicyclic) bond motifs is 1. The highest BCUT2D eigenvalue weighted by molar-refractivity contribution is 5.92. The molecule has 1 saturated carbocycles. The standard InChI is InChI=1S/C25H28N6O2/c1-14(2)19-11-22(33-31-19)25(32)29-20(10-16-13-27-18-7-5-4-6-17(16)18)21-12-23(26-3)30-24(28-21)15-8-9-15/h4-7,11-15,20,27H,8-10H2,1-3H3,(H,29,32)(H,26,28,30)/t20-/m0/s1. The minimum atomic E-state index is -0.364. The van der Waals surface area contributed by atoms with E-state index in [4.69, 9.17) is 9.51 Å². The van der Waals surface area contributed by atoms with Gasteiger partial charge in [-0.3, -0.25) is 4.79 Å². The Labute approximate surface area is 192 Å². The van der Waals surface area contributed by atoms with E-state index in [1.54, 1.807) is 6.07 Å². The number of benzene rings is 1. The number of aromatic nitrogens is 4. The first-order valence-electron chi connectivity index (χ1n) is 11.4. The molecule has 3 heterocycles. The van der Waals surface area contributed by atoms with Gasteiger partial charge in [-0.05, 0) is 30.4 Å². The van der Waals surface area contributed by atoms with Crippen LogP contribution in [0, 0.1) is 0 Å². The number of nitrogens with zero attached hydrogens (tertiary/aromatic N) is 3. The second-order valence-corrected chi connectivity index (χ2v) is 8.92. The summed E-state index contributed by atoms with van der Waals surface area (Å²) in [5.41, 5.74) is 3.70. The zero-order valence-electron chi connectivity index (χ0n) is 19.1. The zero-order chi connectivity index (χ0) is 22.9. The molecule has 33 heavy (non-hydrogen) atoms. The first kappa shape index (κ1) is 21.2. The molecule has 1 aliphatic rings. The highest BCUT2D eigenvalue weighted by Gasteiger charge is 2.29. The van der Waals surface area contributed by atoms with Gasteiger partial charge in [-0.15, -0.1) is 0 Å². The number of carbonyl (C=O) groups excluding carboxylic acids is 1. The van der Waals surface area contributed by atoms with Gasteiger partial charge in [-0.2, -0.15) is 0 Å². The molecular weight excluding hydrogens is 416 g/mol. The van der Waals surface area contributed by atoms with Crippen molar-refractivity contribution in [3.8, 4) is 0 Å². The van der Waals surface area contributed by atoms with E-state index >= 15 is 0 Å². The summed E-state index contributed by atoms with van der Waals surface area (Å²) >= 11 is 0. The van der Waals surface area contributed by atoms with Crippen LogP contribution in [0.5, 0.6) is 0 Å². The Morgan fingerprint density at radius 3 is 2.73 bits per heavy atom. The summed E-state index contributed by atoms with van der Waals surface area (Å²) in [7, 11) is 1.85. The summed E-state index contributed by atoms with van der Waals surface area (Å²) in [5, 5.41) is 11.4. The minimum Gasteiger partial charge on any atom is -0.373 e. The molecule has 1 amide bonds. The molecule has 1 aromatic carbocycles. The third-order valence-electron chi connectivity index (χ3n) is 6.07. The fraction of sp³-hybridized carbons (Fsp3) is 0.360. The van der Waals surface area contributed by atoms with E-state index in [9.17, 15) is 4.79 Å². The lowest BCUT2D eigenvalue weighted by Gasteiger charge is -2.19. The average Bonchev–Trinajstić information content (AvgIpc) is 3.41. The van der Waals surface area contributed by atoms with Crippen molar-refractivity contribution in [3.05, 3.63) is 71.1 Å². The molecule has 0 aliphatic heterocycles. The zero-order valence-corrected chi connectivity index (χ0v) is 19.1. The third kappa shape index (κ3) is 4.46. The highest BCUT2D eigenvalue weighted by Crippen LogP contribution is 2.39. The molecule has 5 rings (SSSR count). The van der Waals surface area contributed by atoms with Crippen LogP contribution in [0.1, 0.15) is 77.9 Å². The molecule has 0 spiro atoms. The van der Waals surface area contributed by atoms with E-state index in [0.717, 1.165) is 52.3 Å². The lowest BCUT2D eigenvalue weighted by Crippen LogP contribution is -2.30. The molecule has 0 radical (unpaired) electrons. The molecule has 8 nitrogen and oxygen atoms in total. The SMILES string of the molecule is CNc1cc([C@H](Cc2c[nH]c3ccccc23)NC(=O)c2cc(C(C)C)no2)nc(C2CC2)n1. The minimum absolute atomic E-state index is 0.179. The Morgan fingerprint density at radius 2 is 2.00 bits per heavy atom. The smallest absolute Gasteiger partial charge is 0.290 e. The van der Waals surface area contributed by atoms with Gasteiger partial charge < -0.3 is 20.1 Å². The van der Waals surface area contributed by atoms with Crippen LogP contribution >= 0.6 is 0 Å². The lowest BCUT2D eigenvalue weighted by atomic mass is 10.0. The maximum Gasteiger partial charge on any atom is 0.290 e. The lowest BCUT2D eigenvalue weighted by molar-refractivity contribution is 0.0898.